The summed E-state index contributed by atoms with van der Waals surface area (Å²) in [5.74, 6) is 6.19. The topological polar surface area (TPSA) is 47.3 Å². The Morgan fingerprint density at radius 2 is 2.06 bits per heavy atom. The average Bonchev–Trinajstić information content (AvgIpc) is 2.70. The molecule has 0 aliphatic carbocycles. The summed E-state index contributed by atoms with van der Waals surface area (Å²) in [5.41, 5.74) is 2.77. The Balaban J connectivity index is 2.28. The Bertz CT molecular complexity index is 425. The molecule has 1 aliphatic rings. The number of hydrazine groups is 1. The maximum absolute atomic E-state index is 6.17. The van der Waals surface area contributed by atoms with Gasteiger partial charge in [-0.15, -0.1) is 11.3 Å². The van der Waals surface area contributed by atoms with Crippen molar-refractivity contribution in [3.8, 4) is 0 Å². The maximum atomic E-state index is 6.17. The second-order valence-corrected chi connectivity index (χ2v) is 7.69. The van der Waals surface area contributed by atoms with E-state index in [9.17, 15) is 0 Å². The van der Waals surface area contributed by atoms with Crippen LogP contribution in [0.15, 0.2) is 12.1 Å². The van der Waals surface area contributed by atoms with Crippen molar-refractivity contribution in [1.82, 2.24) is 5.43 Å². The molecule has 0 saturated carbocycles. The molecule has 2 unspecified atom stereocenters. The van der Waals surface area contributed by atoms with Crippen LogP contribution in [-0.2, 0) is 4.74 Å². The monoisotopic (exact) mass is 268 g/mol. The molecule has 1 saturated heterocycles. The van der Waals surface area contributed by atoms with Gasteiger partial charge in [0.15, 0.2) is 0 Å². The lowest BCUT2D eigenvalue weighted by Gasteiger charge is -2.32. The molecule has 1 fully saturated rings. The summed E-state index contributed by atoms with van der Waals surface area (Å²) >= 11 is 1.81. The Hall–Kier alpha value is -0.420. The smallest absolute Gasteiger partial charge is 0.0681 e. The van der Waals surface area contributed by atoms with E-state index in [4.69, 9.17) is 10.6 Å². The van der Waals surface area contributed by atoms with E-state index in [1.807, 2.05) is 11.3 Å². The fourth-order valence-corrected chi connectivity index (χ4v) is 4.14. The van der Waals surface area contributed by atoms with Gasteiger partial charge in [0.1, 0.15) is 0 Å². The molecule has 1 aliphatic heterocycles. The van der Waals surface area contributed by atoms with Crippen molar-refractivity contribution in [3.05, 3.63) is 21.9 Å². The van der Waals surface area contributed by atoms with Gasteiger partial charge in [0.25, 0.3) is 0 Å². The van der Waals surface area contributed by atoms with Crippen LogP contribution < -0.4 is 11.3 Å². The molecule has 0 radical (unpaired) electrons. The van der Waals surface area contributed by atoms with Crippen LogP contribution in [0, 0.1) is 12.8 Å². The minimum atomic E-state index is -0.154. The second kappa shape index (κ2) is 4.60. The summed E-state index contributed by atoms with van der Waals surface area (Å²) < 4.78 is 6.17. The van der Waals surface area contributed by atoms with Gasteiger partial charge in [-0.1, -0.05) is 0 Å². The molecule has 18 heavy (non-hydrogen) atoms. The highest BCUT2D eigenvalue weighted by atomic mass is 32.1. The number of hydrogen-bond donors (Lipinski definition) is 2. The third kappa shape index (κ3) is 2.62. The lowest BCUT2D eigenvalue weighted by Crippen LogP contribution is -2.40. The predicted octanol–water partition coefficient (Wildman–Crippen LogP) is 3.15. The SMILES string of the molecule is Cc1ccc(C(NN)C2CC(C)(C)OC2(C)C)s1. The number of rotatable bonds is 3. The van der Waals surface area contributed by atoms with E-state index < -0.39 is 0 Å². The fourth-order valence-electron chi connectivity index (χ4n) is 3.14. The summed E-state index contributed by atoms with van der Waals surface area (Å²) in [7, 11) is 0. The highest BCUT2D eigenvalue weighted by Gasteiger charge is 2.49. The highest BCUT2D eigenvalue weighted by Crippen LogP contribution is 2.48. The quantitative estimate of drug-likeness (QED) is 0.654. The van der Waals surface area contributed by atoms with Crippen LogP contribution in [0.1, 0.15) is 49.9 Å². The van der Waals surface area contributed by atoms with Gasteiger partial charge in [-0.05, 0) is 53.2 Å². The molecule has 0 spiro atoms. The summed E-state index contributed by atoms with van der Waals surface area (Å²) in [6.07, 6.45) is 1.02. The van der Waals surface area contributed by atoms with Gasteiger partial charge < -0.3 is 4.74 Å². The van der Waals surface area contributed by atoms with E-state index in [1.54, 1.807) is 0 Å². The zero-order valence-electron chi connectivity index (χ0n) is 11.9. The largest absolute Gasteiger partial charge is 0.369 e. The van der Waals surface area contributed by atoms with Gasteiger partial charge in [-0.25, -0.2) is 0 Å². The van der Waals surface area contributed by atoms with E-state index >= 15 is 0 Å². The Kier molecular flexibility index (Phi) is 3.58. The van der Waals surface area contributed by atoms with Crippen molar-refractivity contribution in [3.63, 3.8) is 0 Å². The van der Waals surface area contributed by atoms with Crippen LogP contribution in [0.25, 0.3) is 0 Å². The van der Waals surface area contributed by atoms with Crippen molar-refractivity contribution in [2.45, 2.75) is 58.3 Å². The van der Waals surface area contributed by atoms with Crippen molar-refractivity contribution in [2.24, 2.45) is 11.8 Å². The first-order valence-electron chi connectivity index (χ1n) is 6.48. The van der Waals surface area contributed by atoms with Crippen LogP contribution in [0.4, 0.5) is 0 Å². The summed E-state index contributed by atoms with van der Waals surface area (Å²) in [5, 5.41) is 0. The molecule has 2 heterocycles. The van der Waals surface area contributed by atoms with Crippen molar-refractivity contribution < 1.29 is 4.74 Å². The van der Waals surface area contributed by atoms with E-state index in [2.05, 4.69) is 52.2 Å². The Labute approximate surface area is 114 Å². The van der Waals surface area contributed by atoms with Gasteiger partial charge >= 0.3 is 0 Å². The van der Waals surface area contributed by atoms with Crippen LogP contribution in [0.5, 0.6) is 0 Å². The fraction of sp³-hybridized carbons (Fsp3) is 0.714. The standard InChI is InChI=1S/C14H24N2OS/c1-9-6-7-11(18-9)12(16-15)10-8-13(2,3)17-14(10,4)5/h6-7,10,12,16H,8,15H2,1-5H3. The molecule has 102 valence electrons. The third-order valence-electron chi connectivity index (χ3n) is 3.79. The predicted molar refractivity (Wildman–Crippen MR) is 76.5 cm³/mol. The minimum Gasteiger partial charge on any atom is -0.369 e. The zero-order valence-corrected chi connectivity index (χ0v) is 12.7. The number of nitrogens with two attached hydrogens (primary N) is 1. The highest BCUT2D eigenvalue weighted by molar-refractivity contribution is 7.12. The average molecular weight is 268 g/mol. The molecular weight excluding hydrogens is 244 g/mol. The van der Waals surface area contributed by atoms with Crippen LogP contribution in [-0.4, -0.2) is 11.2 Å². The Morgan fingerprint density at radius 1 is 1.39 bits per heavy atom. The van der Waals surface area contributed by atoms with E-state index in [0.717, 1.165) is 6.42 Å². The van der Waals surface area contributed by atoms with Gasteiger partial charge in [0, 0.05) is 15.7 Å². The Morgan fingerprint density at radius 3 is 2.44 bits per heavy atom. The molecule has 2 rings (SSSR count). The van der Waals surface area contributed by atoms with Crippen LogP contribution >= 0.6 is 11.3 Å². The molecule has 3 nitrogen and oxygen atoms in total. The molecule has 1 aromatic rings. The zero-order chi connectivity index (χ0) is 13.6. The first-order valence-corrected chi connectivity index (χ1v) is 7.29. The number of aryl methyl sites for hydroxylation is 1. The molecular formula is C14H24N2OS. The van der Waals surface area contributed by atoms with Crippen LogP contribution in [0.3, 0.4) is 0 Å². The minimum absolute atomic E-state index is 0.0738. The molecule has 0 bridgehead atoms. The van der Waals surface area contributed by atoms with Crippen molar-refractivity contribution in [2.75, 3.05) is 0 Å². The van der Waals surface area contributed by atoms with Crippen molar-refractivity contribution >= 4 is 11.3 Å². The lowest BCUT2D eigenvalue weighted by molar-refractivity contribution is -0.0777. The number of thiophene rings is 1. The first-order chi connectivity index (χ1) is 8.25. The molecule has 1 aromatic heterocycles. The summed E-state index contributed by atoms with van der Waals surface area (Å²) in [4.78, 5) is 2.62. The summed E-state index contributed by atoms with van der Waals surface area (Å²) in [6.45, 7) is 10.8. The number of hydrogen-bond acceptors (Lipinski definition) is 4. The normalized spacial score (nSPS) is 27.3. The van der Waals surface area contributed by atoms with Gasteiger partial charge in [0.2, 0.25) is 0 Å². The molecule has 0 aromatic carbocycles. The lowest BCUT2D eigenvalue weighted by atomic mass is 9.81. The second-order valence-electron chi connectivity index (χ2n) is 6.37. The molecule has 3 N–H and O–H groups in total. The molecule has 2 atom stereocenters. The van der Waals surface area contributed by atoms with Crippen molar-refractivity contribution in [1.29, 1.82) is 0 Å². The first kappa shape index (κ1) is 14.0. The number of nitrogens with one attached hydrogen (secondary N) is 1. The van der Waals surface area contributed by atoms with Crippen LogP contribution in [0.2, 0.25) is 0 Å². The van der Waals surface area contributed by atoms with Gasteiger partial charge in [0.05, 0.1) is 17.2 Å². The van der Waals surface area contributed by atoms with E-state index in [0.29, 0.717) is 5.92 Å². The van der Waals surface area contributed by atoms with E-state index in [-0.39, 0.29) is 17.2 Å². The van der Waals surface area contributed by atoms with E-state index in [1.165, 1.54) is 9.75 Å². The van der Waals surface area contributed by atoms with Gasteiger partial charge in [-0.2, -0.15) is 0 Å². The molecule has 4 heteroatoms. The maximum Gasteiger partial charge on any atom is 0.0681 e. The third-order valence-corrected chi connectivity index (χ3v) is 4.88. The number of ether oxygens (including phenoxy) is 1. The van der Waals surface area contributed by atoms with Gasteiger partial charge in [-0.3, -0.25) is 11.3 Å². The molecule has 0 amide bonds. The summed E-state index contributed by atoms with van der Waals surface area (Å²) in [6, 6.07) is 4.49.